The van der Waals surface area contributed by atoms with E-state index in [1.54, 1.807) is 12.5 Å². The molecule has 0 atom stereocenters. The van der Waals surface area contributed by atoms with E-state index in [-0.39, 0.29) is 0 Å². The van der Waals surface area contributed by atoms with E-state index in [1.807, 2.05) is 24.3 Å². The Hall–Kier alpha value is -1.45. The highest BCUT2D eigenvalue weighted by Gasteiger charge is 1.99. The maximum Gasteiger partial charge on any atom is 0.115 e. The van der Waals surface area contributed by atoms with Crippen molar-refractivity contribution >= 4 is 11.6 Å². The normalized spacial score (nSPS) is 10.5. The highest BCUT2D eigenvalue weighted by Crippen LogP contribution is 2.14. The van der Waals surface area contributed by atoms with Gasteiger partial charge in [-0.25, -0.2) is 9.97 Å². The SMILES string of the molecule is Cc1cc(Cl)ccc1CNCc1ccncn1. The summed E-state index contributed by atoms with van der Waals surface area (Å²) in [5.74, 6) is 0. The third kappa shape index (κ3) is 3.51. The molecule has 0 aliphatic heterocycles. The van der Waals surface area contributed by atoms with Crippen LogP contribution in [0.25, 0.3) is 0 Å². The molecular formula is C13H14ClN3. The van der Waals surface area contributed by atoms with Crippen LogP contribution in [-0.4, -0.2) is 9.97 Å². The minimum absolute atomic E-state index is 0.741. The van der Waals surface area contributed by atoms with Crippen molar-refractivity contribution in [3.05, 3.63) is 58.6 Å². The van der Waals surface area contributed by atoms with Crippen LogP contribution >= 0.6 is 11.6 Å². The molecule has 0 fully saturated rings. The van der Waals surface area contributed by atoms with Crippen LogP contribution in [0.1, 0.15) is 16.8 Å². The van der Waals surface area contributed by atoms with Crippen LogP contribution in [-0.2, 0) is 13.1 Å². The molecule has 1 aromatic carbocycles. The third-order valence-electron chi connectivity index (χ3n) is 2.57. The molecule has 0 bridgehead atoms. The van der Waals surface area contributed by atoms with Gasteiger partial charge in [-0.05, 0) is 36.2 Å². The van der Waals surface area contributed by atoms with E-state index >= 15 is 0 Å². The zero-order chi connectivity index (χ0) is 12.1. The molecule has 1 N–H and O–H groups in total. The van der Waals surface area contributed by atoms with E-state index in [0.717, 1.165) is 23.8 Å². The van der Waals surface area contributed by atoms with Gasteiger partial charge in [0, 0.05) is 24.3 Å². The van der Waals surface area contributed by atoms with Crippen LogP contribution in [0.2, 0.25) is 5.02 Å². The van der Waals surface area contributed by atoms with Gasteiger partial charge in [0.05, 0.1) is 5.69 Å². The first-order valence-electron chi connectivity index (χ1n) is 5.46. The third-order valence-corrected chi connectivity index (χ3v) is 2.80. The average molecular weight is 248 g/mol. The van der Waals surface area contributed by atoms with E-state index in [2.05, 4.69) is 22.2 Å². The molecule has 0 radical (unpaired) electrons. The van der Waals surface area contributed by atoms with Crippen LogP contribution in [0.4, 0.5) is 0 Å². The largest absolute Gasteiger partial charge is 0.307 e. The molecule has 17 heavy (non-hydrogen) atoms. The number of rotatable bonds is 4. The Bertz CT molecular complexity index is 485. The number of hydrogen-bond donors (Lipinski definition) is 1. The highest BCUT2D eigenvalue weighted by molar-refractivity contribution is 6.30. The van der Waals surface area contributed by atoms with Crippen molar-refractivity contribution in [3.8, 4) is 0 Å². The molecule has 0 saturated carbocycles. The van der Waals surface area contributed by atoms with Crippen molar-refractivity contribution in [3.63, 3.8) is 0 Å². The average Bonchev–Trinajstić information content (AvgIpc) is 2.33. The summed E-state index contributed by atoms with van der Waals surface area (Å²) >= 11 is 5.91. The first-order chi connectivity index (χ1) is 8.25. The van der Waals surface area contributed by atoms with Gasteiger partial charge < -0.3 is 5.32 Å². The lowest BCUT2D eigenvalue weighted by Gasteiger charge is -2.07. The summed E-state index contributed by atoms with van der Waals surface area (Å²) in [5, 5.41) is 4.12. The van der Waals surface area contributed by atoms with Crippen molar-refractivity contribution in [1.82, 2.24) is 15.3 Å². The predicted octanol–water partition coefficient (Wildman–Crippen LogP) is 2.73. The second-order valence-electron chi connectivity index (χ2n) is 3.88. The van der Waals surface area contributed by atoms with Crippen LogP contribution < -0.4 is 5.32 Å². The van der Waals surface area contributed by atoms with Crippen molar-refractivity contribution in [2.45, 2.75) is 20.0 Å². The topological polar surface area (TPSA) is 37.8 Å². The Morgan fingerprint density at radius 2 is 2.12 bits per heavy atom. The first-order valence-corrected chi connectivity index (χ1v) is 5.84. The molecule has 2 rings (SSSR count). The second-order valence-corrected chi connectivity index (χ2v) is 4.31. The molecule has 0 amide bonds. The zero-order valence-electron chi connectivity index (χ0n) is 9.65. The molecule has 0 spiro atoms. The predicted molar refractivity (Wildman–Crippen MR) is 68.8 cm³/mol. The zero-order valence-corrected chi connectivity index (χ0v) is 10.4. The molecule has 3 nitrogen and oxygen atoms in total. The molecule has 0 unspecified atom stereocenters. The Morgan fingerprint density at radius 3 is 2.82 bits per heavy atom. The molecule has 1 aromatic heterocycles. The van der Waals surface area contributed by atoms with Crippen molar-refractivity contribution in [1.29, 1.82) is 0 Å². The van der Waals surface area contributed by atoms with Crippen LogP contribution in [0, 0.1) is 6.92 Å². The molecule has 0 aliphatic carbocycles. The number of halogens is 1. The summed E-state index contributed by atoms with van der Waals surface area (Å²) in [6.45, 7) is 3.62. The number of aromatic nitrogens is 2. The minimum atomic E-state index is 0.741. The Balaban J connectivity index is 1.90. The van der Waals surface area contributed by atoms with Gasteiger partial charge >= 0.3 is 0 Å². The summed E-state index contributed by atoms with van der Waals surface area (Å²) in [7, 11) is 0. The van der Waals surface area contributed by atoms with E-state index < -0.39 is 0 Å². The van der Waals surface area contributed by atoms with E-state index in [0.29, 0.717) is 0 Å². The van der Waals surface area contributed by atoms with Crippen molar-refractivity contribution in [2.75, 3.05) is 0 Å². The molecule has 2 aromatic rings. The smallest absolute Gasteiger partial charge is 0.115 e. The van der Waals surface area contributed by atoms with Crippen LogP contribution in [0.5, 0.6) is 0 Å². The van der Waals surface area contributed by atoms with Crippen LogP contribution in [0.3, 0.4) is 0 Å². The van der Waals surface area contributed by atoms with E-state index in [4.69, 9.17) is 11.6 Å². The molecule has 1 heterocycles. The fourth-order valence-corrected chi connectivity index (χ4v) is 1.83. The highest BCUT2D eigenvalue weighted by atomic mass is 35.5. The first kappa shape index (κ1) is 12.0. The van der Waals surface area contributed by atoms with Crippen molar-refractivity contribution < 1.29 is 0 Å². The summed E-state index contributed by atoms with van der Waals surface area (Å²) in [4.78, 5) is 8.03. The summed E-state index contributed by atoms with van der Waals surface area (Å²) in [6.07, 6.45) is 3.31. The van der Waals surface area contributed by atoms with Gasteiger partial charge in [-0.15, -0.1) is 0 Å². The van der Waals surface area contributed by atoms with Gasteiger partial charge in [0.2, 0.25) is 0 Å². The van der Waals surface area contributed by atoms with Gasteiger partial charge in [0.15, 0.2) is 0 Å². The Morgan fingerprint density at radius 1 is 1.24 bits per heavy atom. The number of benzene rings is 1. The number of nitrogens with zero attached hydrogens (tertiary/aromatic N) is 2. The lowest BCUT2D eigenvalue weighted by Crippen LogP contribution is -2.14. The molecule has 0 aliphatic rings. The minimum Gasteiger partial charge on any atom is -0.307 e. The molecule has 4 heteroatoms. The second kappa shape index (κ2) is 5.75. The summed E-state index contributed by atoms with van der Waals surface area (Å²) in [5.41, 5.74) is 3.45. The quantitative estimate of drug-likeness (QED) is 0.903. The monoisotopic (exact) mass is 247 g/mol. The maximum atomic E-state index is 5.91. The Labute approximate surface area is 106 Å². The summed E-state index contributed by atoms with van der Waals surface area (Å²) in [6, 6.07) is 7.84. The standard InChI is InChI=1S/C13H14ClN3/c1-10-6-12(14)3-2-11(10)7-16-8-13-4-5-15-9-17-13/h2-6,9,16H,7-8H2,1H3. The van der Waals surface area contributed by atoms with Crippen LogP contribution in [0.15, 0.2) is 36.8 Å². The number of hydrogen-bond acceptors (Lipinski definition) is 3. The van der Waals surface area contributed by atoms with E-state index in [1.165, 1.54) is 11.1 Å². The van der Waals surface area contributed by atoms with E-state index in [9.17, 15) is 0 Å². The van der Waals surface area contributed by atoms with Gasteiger partial charge in [-0.2, -0.15) is 0 Å². The lowest BCUT2D eigenvalue weighted by atomic mass is 10.1. The fourth-order valence-electron chi connectivity index (χ4n) is 1.61. The number of aryl methyl sites for hydroxylation is 1. The van der Waals surface area contributed by atoms with Gasteiger partial charge in [0.1, 0.15) is 6.33 Å². The lowest BCUT2D eigenvalue weighted by molar-refractivity contribution is 0.675. The molecule has 0 saturated heterocycles. The Kier molecular flexibility index (Phi) is 4.07. The fraction of sp³-hybridized carbons (Fsp3) is 0.231. The number of nitrogens with one attached hydrogen (secondary N) is 1. The van der Waals surface area contributed by atoms with Gasteiger partial charge in [-0.1, -0.05) is 17.7 Å². The summed E-state index contributed by atoms with van der Waals surface area (Å²) < 4.78 is 0. The van der Waals surface area contributed by atoms with Crippen molar-refractivity contribution in [2.24, 2.45) is 0 Å². The van der Waals surface area contributed by atoms with Gasteiger partial charge in [0.25, 0.3) is 0 Å². The maximum absolute atomic E-state index is 5.91. The van der Waals surface area contributed by atoms with Gasteiger partial charge in [-0.3, -0.25) is 0 Å². The molecule has 88 valence electrons. The molecular weight excluding hydrogens is 234 g/mol.